The lowest BCUT2D eigenvalue weighted by Crippen LogP contribution is -2.14. The molecule has 0 unspecified atom stereocenters. The van der Waals surface area contributed by atoms with Gasteiger partial charge in [0.15, 0.2) is 0 Å². The van der Waals surface area contributed by atoms with Crippen molar-refractivity contribution in [3.05, 3.63) is 87.3 Å². The van der Waals surface area contributed by atoms with Crippen LogP contribution in [-0.2, 0) is 0 Å². The van der Waals surface area contributed by atoms with E-state index in [0.717, 1.165) is 20.3 Å². The van der Waals surface area contributed by atoms with E-state index in [1.54, 1.807) is 12.1 Å². The van der Waals surface area contributed by atoms with E-state index >= 15 is 0 Å². The van der Waals surface area contributed by atoms with Gasteiger partial charge < -0.3 is 10.0 Å². The molecule has 0 aliphatic heterocycles. The number of carboxylic acids is 1. The minimum absolute atomic E-state index is 0.253. The molecule has 0 saturated heterocycles. The van der Waals surface area contributed by atoms with Crippen molar-refractivity contribution < 1.29 is 9.90 Å². The minimum Gasteiger partial charge on any atom is -0.478 e. The molecule has 0 aliphatic carbocycles. The first-order valence-electron chi connectivity index (χ1n) is 7.20. The number of para-hydroxylation sites is 1. The summed E-state index contributed by atoms with van der Waals surface area (Å²) in [6.07, 6.45) is 0. The van der Waals surface area contributed by atoms with E-state index < -0.39 is 5.97 Å². The zero-order valence-corrected chi connectivity index (χ0v) is 15.7. The summed E-state index contributed by atoms with van der Waals surface area (Å²) in [6.45, 7) is 0. The molecular formula is C19H13Br2NO2. The number of benzene rings is 3. The summed E-state index contributed by atoms with van der Waals surface area (Å²) in [5, 5.41) is 9.55. The van der Waals surface area contributed by atoms with Crippen LogP contribution >= 0.6 is 31.9 Å². The number of anilines is 3. The molecule has 120 valence electrons. The third-order valence-electron chi connectivity index (χ3n) is 3.55. The average molecular weight is 447 g/mol. The fourth-order valence-corrected chi connectivity index (χ4v) is 2.99. The van der Waals surface area contributed by atoms with Gasteiger partial charge in [0.05, 0.1) is 11.3 Å². The second-order valence-electron chi connectivity index (χ2n) is 5.11. The van der Waals surface area contributed by atoms with Gasteiger partial charge in [-0.05, 0) is 60.7 Å². The first-order chi connectivity index (χ1) is 11.6. The minimum atomic E-state index is -0.954. The van der Waals surface area contributed by atoms with Gasteiger partial charge >= 0.3 is 5.97 Å². The van der Waals surface area contributed by atoms with Crippen molar-refractivity contribution in [1.82, 2.24) is 0 Å². The van der Waals surface area contributed by atoms with E-state index in [4.69, 9.17) is 0 Å². The van der Waals surface area contributed by atoms with Crippen LogP contribution in [0.1, 0.15) is 10.4 Å². The van der Waals surface area contributed by atoms with Crippen LogP contribution < -0.4 is 4.90 Å². The zero-order valence-electron chi connectivity index (χ0n) is 12.5. The van der Waals surface area contributed by atoms with Crippen molar-refractivity contribution in [3.63, 3.8) is 0 Å². The molecule has 0 radical (unpaired) electrons. The van der Waals surface area contributed by atoms with E-state index in [0.29, 0.717) is 5.69 Å². The summed E-state index contributed by atoms with van der Waals surface area (Å²) in [7, 11) is 0. The Hall–Kier alpha value is -2.11. The molecule has 0 spiro atoms. The first kappa shape index (κ1) is 16.7. The van der Waals surface area contributed by atoms with Crippen LogP contribution in [0.3, 0.4) is 0 Å². The zero-order chi connectivity index (χ0) is 17.1. The Labute approximate surface area is 156 Å². The molecule has 0 aromatic heterocycles. The Bertz CT molecular complexity index is 816. The molecule has 0 aliphatic rings. The molecule has 3 rings (SSSR count). The molecule has 0 amide bonds. The van der Waals surface area contributed by atoms with Crippen LogP contribution in [0.25, 0.3) is 0 Å². The van der Waals surface area contributed by atoms with Gasteiger partial charge in [-0.2, -0.15) is 0 Å². The van der Waals surface area contributed by atoms with Crippen LogP contribution in [0.15, 0.2) is 81.7 Å². The summed E-state index contributed by atoms with van der Waals surface area (Å²) in [5.41, 5.74) is 2.64. The van der Waals surface area contributed by atoms with Crippen molar-refractivity contribution in [2.24, 2.45) is 0 Å². The molecule has 3 aromatic carbocycles. The Kier molecular flexibility index (Phi) is 5.02. The maximum Gasteiger partial charge on any atom is 0.337 e. The smallest absolute Gasteiger partial charge is 0.337 e. The molecule has 0 saturated carbocycles. The standard InChI is InChI=1S/C19H13Br2NO2/c20-13-5-9-15(10-6-13)22(16-11-7-14(21)8-12-16)18-4-2-1-3-17(18)19(23)24/h1-12H,(H,23,24). The highest BCUT2D eigenvalue weighted by Crippen LogP contribution is 2.37. The van der Waals surface area contributed by atoms with Gasteiger partial charge in [0.2, 0.25) is 0 Å². The maximum atomic E-state index is 11.7. The first-order valence-corrected chi connectivity index (χ1v) is 8.78. The number of aromatic carboxylic acids is 1. The Morgan fingerprint density at radius 1 is 0.750 bits per heavy atom. The summed E-state index contributed by atoms with van der Waals surface area (Å²) >= 11 is 6.87. The summed E-state index contributed by atoms with van der Waals surface area (Å²) in [5.74, 6) is -0.954. The van der Waals surface area contributed by atoms with Crippen molar-refractivity contribution in [3.8, 4) is 0 Å². The molecule has 0 fully saturated rings. The van der Waals surface area contributed by atoms with E-state index in [2.05, 4.69) is 31.9 Å². The normalized spacial score (nSPS) is 10.4. The largest absolute Gasteiger partial charge is 0.478 e. The maximum absolute atomic E-state index is 11.7. The highest BCUT2D eigenvalue weighted by Gasteiger charge is 2.18. The van der Waals surface area contributed by atoms with Crippen molar-refractivity contribution >= 4 is 54.9 Å². The SMILES string of the molecule is O=C(O)c1ccccc1N(c1ccc(Br)cc1)c1ccc(Br)cc1. The van der Waals surface area contributed by atoms with Gasteiger partial charge in [-0.1, -0.05) is 44.0 Å². The van der Waals surface area contributed by atoms with Crippen LogP contribution in [-0.4, -0.2) is 11.1 Å². The molecule has 0 heterocycles. The quantitative estimate of drug-likeness (QED) is 0.505. The predicted molar refractivity (Wildman–Crippen MR) is 103 cm³/mol. The molecule has 5 heteroatoms. The molecule has 0 bridgehead atoms. The topological polar surface area (TPSA) is 40.5 Å². The molecular weight excluding hydrogens is 434 g/mol. The summed E-state index contributed by atoms with van der Waals surface area (Å²) in [4.78, 5) is 13.6. The Morgan fingerprint density at radius 2 is 1.21 bits per heavy atom. The van der Waals surface area contributed by atoms with Crippen LogP contribution in [0, 0.1) is 0 Å². The second kappa shape index (κ2) is 7.20. The van der Waals surface area contributed by atoms with Crippen molar-refractivity contribution in [1.29, 1.82) is 0 Å². The third-order valence-corrected chi connectivity index (χ3v) is 4.60. The van der Waals surface area contributed by atoms with Crippen LogP contribution in [0.5, 0.6) is 0 Å². The number of hydrogen-bond acceptors (Lipinski definition) is 2. The number of hydrogen-bond donors (Lipinski definition) is 1. The van der Waals surface area contributed by atoms with E-state index in [9.17, 15) is 9.90 Å². The lowest BCUT2D eigenvalue weighted by atomic mass is 10.1. The van der Waals surface area contributed by atoms with Crippen molar-refractivity contribution in [2.45, 2.75) is 0 Å². The van der Waals surface area contributed by atoms with Gasteiger partial charge in [0.1, 0.15) is 0 Å². The number of halogens is 2. The molecule has 1 N–H and O–H groups in total. The summed E-state index contributed by atoms with van der Waals surface area (Å²) in [6, 6.07) is 22.5. The fourth-order valence-electron chi connectivity index (χ4n) is 2.46. The number of nitrogens with zero attached hydrogens (tertiary/aromatic N) is 1. The van der Waals surface area contributed by atoms with Crippen LogP contribution in [0.2, 0.25) is 0 Å². The van der Waals surface area contributed by atoms with Gasteiger partial charge in [-0.25, -0.2) is 4.79 Å². The highest BCUT2D eigenvalue weighted by atomic mass is 79.9. The van der Waals surface area contributed by atoms with E-state index in [-0.39, 0.29) is 5.56 Å². The van der Waals surface area contributed by atoms with Gasteiger partial charge in [-0.15, -0.1) is 0 Å². The predicted octanol–water partition coefficient (Wildman–Crippen LogP) is 6.38. The lowest BCUT2D eigenvalue weighted by Gasteiger charge is -2.26. The average Bonchev–Trinajstić information content (AvgIpc) is 2.59. The molecule has 0 atom stereocenters. The Morgan fingerprint density at radius 3 is 1.67 bits per heavy atom. The van der Waals surface area contributed by atoms with Gasteiger partial charge in [0, 0.05) is 20.3 Å². The number of carbonyl (C=O) groups is 1. The molecule has 3 aromatic rings. The van der Waals surface area contributed by atoms with E-state index in [1.165, 1.54) is 0 Å². The lowest BCUT2D eigenvalue weighted by molar-refractivity contribution is 0.0698. The molecule has 24 heavy (non-hydrogen) atoms. The fraction of sp³-hybridized carbons (Fsp3) is 0. The van der Waals surface area contributed by atoms with Crippen LogP contribution in [0.4, 0.5) is 17.1 Å². The second-order valence-corrected chi connectivity index (χ2v) is 6.94. The number of carboxylic acid groups (broad SMARTS) is 1. The van der Waals surface area contributed by atoms with Gasteiger partial charge in [0.25, 0.3) is 0 Å². The molecule has 3 nitrogen and oxygen atoms in total. The third kappa shape index (κ3) is 3.52. The van der Waals surface area contributed by atoms with E-state index in [1.807, 2.05) is 65.6 Å². The summed E-state index contributed by atoms with van der Waals surface area (Å²) < 4.78 is 1.93. The van der Waals surface area contributed by atoms with Crippen molar-refractivity contribution in [2.75, 3.05) is 4.90 Å². The Balaban J connectivity index is 2.21. The number of rotatable bonds is 4. The highest BCUT2D eigenvalue weighted by molar-refractivity contribution is 9.10. The van der Waals surface area contributed by atoms with Gasteiger partial charge in [-0.3, -0.25) is 0 Å². The monoisotopic (exact) mass is 445 g/mol.